The van der Waals surface area contributed by atoms with Crippen LogP contribution in [0, 0.1) is 18.2 Å². The van der Waals surface area contributed by atoms with Crippen LogP contribution in [0.4, 0.5) is 10.1 Å². The van der Waals surface area contributed by atoms with Gasteiger partial charge in [0.25, 0.3) is 5.91 Å². The Morgan fingerprint density at radius 2 is 2.16 bits per heavy atom. The first-order valence-electron chi connectivity index (χ1n) is 5.54. The van der Waals surface area contributed by atoms with E-state index < -0.39 is 11.7 Å². The first-order valence-corrected chi connectivity index (χ1v) is 6.33. The molecule has 6 heteroatoms. The highest BCUT2D eigenvalue weighted by Gasteiger charge is 2.18. The molecular formula is C13H15BrFN3O. The maximum absolute atomic E-state index is 13.9. The van der Waals surface area contributed by atoms with Gasteiger partial charge in [0, 0.05) is 24.8 Å². The Morgan fingerprint density at radius 3 is 2.68 bits per heavy atom. The Labute approximate surface area is 119 Å². The van der Waals surface area contributed by atoms with E-state index in [1.54, 1.807) is 13.1 Å². The molecule has 0 bridgehead atoms. The molecule has 0 aliphatic heterocycles. The number of carbonyl (C=O) groups excluding carboxylic acids is 1. The molecule has 0 fully saturated rings. The van der Waals surface area contributed by atoms with E-state index in [2.05, 4.69) is 21.2 Å². The van der Waals surface area contributed by atoms with Gasteiger partial charge in [-0.1, -0.05) is 15.9 Å². The van der Waals surface area contributed by atoms with Crippen LogP contribution in [0.2, 0.25) is 0 Å². The number of aryl methyl sites for hydroxylation is 1. The summed E-state index contributed by atoms with van der Waals surface area (Å²) in [5.41, 5.74) is 1.24. The molecule has 0 atom stereocenters. The molecule has 0 saturated carbocycles. The van der Waals surface area contributed by atoms with Crippen LogP contribution >= 0.6 is 15.9 Å². The van der Waals surface area contributed by atoms with Crippen LogP contribution in [0.15, 0.2) is 28.4 Å². The number of allylic oxidation sites excluding steroid dienone is 1. The molecule has 102 valence electrons. The molecule has 0 aliphatic rings. The number of hydrogen-bond donors (Lipinski definition) is 2. The third-order valence-electron chi connectivity index (χ3n) is 2.64. The van der Waals surface area contributed by atoms with Crippen LogP contribution in [-0.2, 0) is 4.79 Å². The largest absolute Gasteiger partial charge is 0.384 e. The maximum atomic E-state index is 13.9. The molecule has 1 rings (SSSR count). The summed E-state index contributed by atoms with van der Waals surface area (Å²) >= 11 is 3.24. The third kappa shape index (κ3) is 3.41. The summed E-state index contributed by atoms with van der Waals surface area (Å²) in [6.45, 7) is 1.82. The van der Waals surface area contributed by atoms with Gasteiger partial charge in [0.05, 0.1) is 5.69 Å². The minimum Gasteiger partial charge on any atom is -0.384 e. The van der Waals surface area contributed by atoms with E-state index in [0.717, 1.165) is 11.8 Å². The van der Waals surface area contributed by atoms with Crippen molar-refractivity contribution in [2.24, 2.45) is 0 Å². The normalized spacial score (nSPS) is 11.1. The van der Waals surface area contributed by atoms with Crippen molar-refractivity contribution in [3.63, 3.8) is 0 Å². The Kier molecular flexibility index (Phi) is 5.23. The fourth-order valence-corrected chi connectivity index (χ4v) is 1.85. The SMILES string of the molecule is CN/C(=C\C=N)C(=O)N(C)c1cc(C)c(Br)cc1F. The predicted octanol–water partition coefficient (Wildman–Crippen LogP) is 2.61. The highest BCUT2D eigenvalue weighted by atomic mass is 79.9. The van der Waals surface area contributed by atoms with E-state index in [1.165, 1.54) is 24.1 Å². The zero-order valence-corrected chi connectivity index (χ0v) is 12.5. The Hall–Kier alpha value is -1.69. The number of hydrogen-bond acceptors (Lipinski definition) is 3. The predicted molar refractivity (Wildman–Crippen MR) is 78.2 cm³/mol. The summed E-state index contributed by atoms with van der Waals surface area (Å²) in [5.74, 6) is -0.898. The minimum atomic E-state index is -0.487. The first kappa shape index (κ1) is 15.4. The van der Waals surface area contributed by atoms with Crippen LogP contribution in [0.3, 0.4) is 0 Å². The van der Waals surface area contributed by atoms with Gasteiger partial charge in [-0.2, -0.15) is 0 Å². The molecule has 1 amide bonds. The van der Waals surface area contributed by atoms with Gasteiger partial charge in [0.2, 0.25) is 0 Å². The van der Waals surface area contributed by atoms with Gasteiger partial charge in [-0.25, -0.2) is 4.39 Å². The van der Waals surface area contributed by atoms with E-state index in [-0.39, 0.29) is 11.4 Å². The minimum absolute atomic E-state index is 0.192. The van der Waals surface area contributed by atoms with Crippen molar-refractivity contribution < 1.29 is 9.18 Å². The molecule has 0 saturated heterocycles. The van der Waals surface area contributed by atoms with Crippen molar-refractivity contribution in [2.75, 3.05) is 19.0 Å². The molecule has 0 radical (unpaired) electrons. The van der Waals surface area contributed by atoms with Crippen LogP contribution < -0.4 is 10.2 Å². The van der Waals surface area contributed by atoms with E-state index >= 15 is 0 Å². The van der Waals surface area contributed by atoms with E-state index in [0.29, 0.717) is 4.47 Å². The molecule has 0 aliphatic carbocycles. The summed E-state index contributed by atoms with van der Waals surface area (Å²) in [5, 5.41) is 9.67. The van der Waals surface area contributed by atoms with E-state index in [9.17, 15) is 9.18 Å². The molecule has 0 spiro atoms. The second-order valence-corrected chi connectivity index (χ2v) is 4.77. The lowest BCUT2D eigenvalue weighted by Crippen LogP contribution is -2.33. The lowest BCUT2D eigenvalue weighted by Gasteiger charge is -2.20. The van der Waals surface area contributed by atoms with Gasteiger partial charge in [-0.05, 0) is 30.7 Å². The number of anilines is 1. The molecule has 0 aromatic heterocycles. The van der Waals surface area contributed by atoms with Gasteiger partial charge >= 0.3 is 0 Å². The van der Waals surface area contributed by atoms with Gasteiger partial charge in [0.15, 0.2) is 0 Å². The molecule has 0 heterocycles. The highest BCUT2D eigenvalue weighted by Crippen LogP contribution is 2.26. The van der Waals surface area contributed by atoms with Gasteiger partial charge in [0.1, 0.15) is 11.5 Å². The van der Waals surface area contributed by atoms with E-state index in [4.69, 9.17) is 5.41 Å². The molecule has 0 unspecified atom stereocenters. The number of amides is 1. The fourth-order valence-electron chi connectivity index (χ4n) is 1.53. The fraction of sp³-hybridized carbons (Fsp3) is 0.231. The number of halogens is 2. The van der Waals surface area contributed by atoms with Crippen molar-refractivity contribution in [1.82, 2.24) is 5.32 Å². The number of rotatable bonds is 4. The molecule has 1 aromatic carbocycles. The lowest BCUT2D eigenvalue weighted by atomic mass is 10.2. The highest BCUT2D eigenvalue weighted by molar-refractivity contribution is 9.10. The second kappa shape index (κ2) is 6.47. The number of nitrogens with one attached hydrogen (secondary N) is 2. The number of carbonyl (C=O) groups is 1. The number of benzene rings is 1. The van der Waals surface area contributed by atoms with Gasteiger partial charge < -0.3 is 15.6 Å². The van der Waals surface area contributed by atoms with Crippen LogP contribution in [0.25, 0.3) is 0 Å². The van der Waals surface area contributed by atoms with Crippen molar-refractivity contribution in [2.45, 2.75) is 6.92 Å². The van der Waals surface area contributed by atoms with Gasteiger partial charge in [-0.15, -0.1) is 0 Å². The lowest BCUT2D eigenvalue weighted by molar-refractivity contribution is -0.115. The van der Waals surface area contributed by atoms with Gasteiger partial charge in [-0.3, -0.25) is 4.79 Å². The van der Waals surface area contributed by atoms with Crippen LogP contribution in [-0.4, -0.2) is 26.2 Å². The topological polar surface area (TPSA) is 56.2 Å². The van der Waals surface area contributed by atoms with Crippen LogP contribution in [0.1, 0.15) is 5.56 Å². The summed E-state index contributed by atoms with van der Waals surface area (Å²) < 4.78 is 14.5. The quantitative estimate of drug-likeness (QED) is 0.659. The molecule has 1 aromatic rings. The standard InChI is InChI=1S/C13H15BrFN3O/c1-8-6-12(10(15)7-9(8)14)18(3)13(19)11(17-2)4-5-16/h4-7,16-17H,1-3H3/b11-4-,16-5?. The average Bonchev–Trinajstić information content (AvgIpc) is 2.38. The first-order chi connectivity index (χ1) is 8.92. The van der Waals surface area contributed by atoms with Crippen molar-refractivity contribution in [3.05, 3.63) is 39.8 Å². The smallest absolute Gasteiger partial charge is 0.274 e. The maximum Gasteiger partial charge on any atom is 0.274 e. The van der Waals surface area contributed by atoms with Crippen molar-refractivity contribution >= 4 is 33.7 Å². The second-order valence-electron chi connectivity index (χ2n) is 3.91. The average molecular weight is 328 g/mol. The van der Waals surface area contributed by atoms with Crippen molar-refractivity contribution in [1.29, 1.82) is 5.41 Å². The number of likely N-dealkylation sites (N-methyl/N-ethyl adjacent to an activating group) is 2. The summed E-state index contributed by atoms with van der Waals surface area (Å²) in [7, 11) is 3.06. The summed E-state index contributed by atoms with van der Waals surface area (Å²) in [4.78, 5) is 13.3. The molecule has 2 N–H and O–H groups in total. The molecule has 4 nitrogen and oxygen atoms in total. The summed E-state index contributed by atoms with van der Waals surface area (Å²) in [6.07, 6.45) is 2.32. The monoisotopic (exact) mass is 327 g/mol. The zero-order valence-electron chi connectivity index (χ0n) is 10.9. The van der Waals surface area contributed by atoms with E-state index in [1.807, 2.05) is 6.92 Å². The molecule has 19 heavy (non-hydrogen) atoms. The summed E-state index contributed by atoms with van der Waals surface area (Å²) in [6, 6.07) is 2.92. The Morgan fingerprint density at radius 1 is 1.53 bits per heavy atom. The van der Waals surface area contributed by atoms with Crippen LogP contribution in [0.5, 0.6) is 0 Å². The number of nitrogens with zero attached hydrogens (tertiary/aromatic N) is 1. The molecular weight excluding hydrogens is 313 g/mol. The Balaban J connectivity index is 3.16. The van der Waals surface area contributed by atoms with Crippen molar-refractivity contribution in [3.8, 4) is 0 Å². The zero-order chi connectivity index (χ0) is 14.6. The Bertz CT molecular complexity index is 543. The third-order valence-corrected chi connectivity index (χ3v) is 3.50.